The summed E-state index contributed by atoms with van der Waals surface area (Å²) >= 11 is 2.70. The number of anilines is 1. The number of hydrogen-bond donors (Lipinski definition) is 2. The Morgan fingerprint density at radius 2 is 2.22 bits per heavy atom. The van der Waals surface area contributed by atoms with E-state index in [1.807, 2.05) is 6.92 Å². The number of amidine groups is 1. The predicted molar refractivity (Wildman–Crippen MR) is 105 cm³/mol. The van der Waals surface area contributed by atoms with Crippen LogP contribution in [0.5, 0.6) is 0 Å². The smallest absolute Gasteiger partial charge is 0.263 e. The van der Waals surface area contributed by atoms with Gasteiger partial charge < -0.3 is 5.32 Å². The van der Waals surface area contributed by atoms with Crippen LogP contribution in [0.2, 0.25) is 0 Å². The molecule has 27 heavy (non-hydrogen) atoms. The van der Waals surface area contributed by atoms with Crippen molar-refractivity contribution >= 4 is 50.0 Å². The number of aryl methyl sites for hydroxylation is 1. The van der Waals surface area contributed by atoms with Crippen molar-refractivity contribution in [2.75, 3.05) is 17.6 Å². The SMILES string of the molecule is Cc1nc(NC(=O)CCN=C2NS(=O)(=O)c3ccccc32)sc1SCC#N. The van der Waals surface area contributed by atoms with Gasteiger partial charge in [-0.15, -0.1) is 0 Å². The van der Waals surface area contributed by atoms with Crippen LogP contribution in [-0.4, -0.2) is 37.4 Å². The molecule has 8 nitrogen and oxygen atoms in total. The maximum absolute atomic E-state index is 12.1. The van der Waals surface area contributed by atoms with Gasteiger partial charge >= 0.3 is 0 Å². The number of nitriles is 1. The molecule has 0 fully saturated rings. The first-order valence-electron chi connectivity index (χ1n) is 7.84. The summed E-state index contributed by atoms with van der Waals surface area (Å²) in [5.41, 5.74) is 1.28. The minimum Gasteiger partial charge on any atom is -0.302 e. The van der Waals surface area contributed by atoms with E-state index in [2.05, 4.69) is 26.1 Å². The van der Waals surface area contributed by atoms with Gasteiger partial charge in [-0.3, -0.25) is 14.5 Å². The lowest BCUT2D eigenvalue weighted by Crippen LogP contribution is -2.23. The zero-order valence-electron chi connectivity index (χ0n) is 14.2. The molecule has 0 unspecified atom stereocenters. The minimum atomic E-state index is -3.58. The van der Waals surface area contributed by atoms with Gasteiger partial charge in [-0.05, 0) is 19.1 Å². The number of fused-ring (bicyclic) bond motifs is 1. The van der Waals surface area contributed by atoms with Crippen molar-refractivity contribution in [3.8, 4) is 6.07 Å². The lowest BCUT2D eigenvalue weighted by Gasteiger charge is -2.01. The topological polar surface area (TPSA) is 124 Å². The molecule has 0 saturated carbocycles. The highest BCUT2D eigenvalue weighted by Crippen LogP contribution is 2.31. The van der Waals surface area contributed by atoms with E-state index in [9.17, 15) is 13.2 Å². The van der Waals surface area contributed by atoms with Gasteiger partial charge in [0, 0.05) is 12.0 Å². The summed E-state index contributed by atoms with van der Waals surface area (Å²) in [4.78, 5) is 20.8. The van der Waals surface area contributed by atoms with Gasteiger partial charge in [-0.2, -0.15) is 5.26 Å². The van der Waals surface area contributed by atoms with E-state index in [-0.39, 0.29) is 29.6 Å². The number of rotatable bonds is 6. The molecule has 1 aromatic carbocycles. The maximum Gasteiger partial charge on any atom is 0.263 e. The molecule has 11 heteroatoms. The fourth-order valence-electron chi connectivity index (χ4n) is 2.37. The maximum atomic E-state index is 12.1. The molecule has 0 aliphatic carbocycles. The third-order valence-electron chi connectivity index (χ3n) is 3.54. The Morgan fingerprint density at radius 3 is 3.00 bits per heavy atom. The fraction of sp³-hybridized carbons (Fsp3) is 0.250. The zero-order chi connectivity index (χ0) is 19.4. The number of carbonyl (C=O) groups is 1. The molecule has 1 aliphatic rings. The number of sulfonamides is 1. The Bertz CT molecular complexity index is 1050. The zero-order valence-corrected chi connectivity index (χ0v) is 16.7. The minimum absolute atomic E-state index is 0.0900. The Labute approximate surface area is 164 Å². The molecule has 0 radical (unpaired) electrons. The average molecular weight is 422 g/mol. The van der Waals surface area contributed by atoms with Crippen molar-refractivity contribution < 1.29 is 13.2 Å². The van der Waals surface area contributed by atoms with Crippen LogP contribution in [0.1, 0.15) is 17.7 Å². The first-order chi connectivity index (χ1) is 12.9. The molecule has 140 valence electrons. The summed E-state index contributed by atoms with van der Waals surface area (Å²) in [5.74, 6) is 0.309. The number of hydrogen-bond acceptors (Lipinski definition) is 8. The highest BCUT2D eigenvalue weighted by Gasteiger charge is 2.29. The summed E-state index contributed by atoms with van der Waals surface area (Å²) in [6.07, 6.45) is 0.0900. The van der Waals surface area contributed by atoms with Crippen LogP contribution < -0.4 is 10.0 Å². The summed E-state index contributed by atoms with van der Waals surface area (Å²) in [6.45, 7) is 1.96. The fourth-order valence-corrected chi connectivity index (χ4v) is 5.44. The van der Waals surface area contributed by atoms with E-state index in [0.29, 0.717) is 16.4 Å². The highest BCUT2D eigenvalue weighted by molar-refractivity contribution is 8.01. The van der Waals surface area contributed by atoms with Crippen LogP contribution in [-0.2, 0) is 14.8 Å². The number of aliphatic imine (C=N–C) groups is 1. The Morgan fingerprint density at radius 1 is 1.44 bits per heavy atom. The van der Waals surface area contributed by atoms with Gasteiger partial charge in [0.2, 0.25) is 5.91 Å². The van der Waals surface area contributed by atoms with E-state index < -0.39 is 10.0 Å². The van der Waals surface area contributed by atoms with Crippen LogP contribution in [0.15, 0.2) is 38.4 Å². The number of aromatic nitrogens is 1. The molecule has 3 rings (SSSR count). The van der Waals surface area contributed by atoms with Gasteiger partial charge in [-0.1, -0.05) is 35.2 Å². The second kappa shape index (κ2) is 8.08. The van der Waals surface area contributed by atoms with Crippen molar-refractivity contribution in [2.45, 2.75) is 22.4 Å². The summed E-state index contributed by atoms with van der Waals surface area (Å²) in [7, 11) is -3.58. The number of benzene rings is 1. The van der Waals surface area contributed by atoms with Gasteiger partial charge in [0.05, 0.1) is 33.2 Å². The van der Waals surface area contributed by atoms with Gasteiger partial charge in [0.25, 0.3) is 10.0 Å². The molecule has 0 spiro atoms. The number of thiazole rings is 1. The molecule has 1 amide bonds. The number of thioether (sulfide) groups is 1. The van der Waals surface area contributed by atoms with Crippen molar-refractivity contribution in [1.29, 1.82) is 5.26 Å². The number of nitrogens with one attached hydrogen (secondary N) is 2. The number of nitrogens with zero attached hydrogens (tertiary/aromatic N) is 3. The second-order valence-corrected chi connectivity index (χ2v) is 9.36. The molecular weight excluding hydrogens is 406 g/mol. The lowest BCUT2D eigenvalue weighted by atomic mass is 10.2. The Kier molecular flexibility index (Phi) is 5.79. The molecule has 1 aromatic heterocycles. The molecule has 0 bridgehead atoms. The van der Waals surface area contributed by atoms with E-state index in [4.69, 9.17) is 5.26 Å². The molecule has 0 saturated heterocycles. The molecule has 2 heterocycles. The summed E-state index contributed by atoms with van der Waals surface area (Å²) < 4.78 is 27.3. The Hall–Kier alpha value is -2.42. The first kappa shape index (κ1) is 19.3. The first-order valence-corrected chi connectivity index (χ1v) is 11.1. The van der Waals surface area contributed by atoms with E-state index >= 15 is 0 Å². The van der Waals surface area contributed by atoms with E-state index in [1.54, 1.807) is 18.2 Å². The second-order valence-electron chi connectivity index (χ2n) is 5.47. The van der Waals surface area contributed by atoms with E-state index in [0.717, 1.165) is 9.90 Å². The molecule has 2 N–H and O–H groups in total. The van der Waals surface area contributed by atoms with Gasteiger partial charge in [0.15, 0.2) is 5.13 Å². The number of amides is 1. The third-order valence-corrected chi connectivity index (χ3v) is 7.24. The molecule has 0 atom stereocenters. The largest absolute Gasteiger partial charge is 0.302 e. The van der Waals surface area contributed by atoms with Crippen molar-refractivity contribution in [2.24, 2.45) is 4.99 Å². The quantitative estimate of drug-likeness (QED) is 0.689. The normalized spacial score (nSPS) is 15.8. The van der Waals surface area contributed by atoms with Crippen molar-refractivity contribution in [3.63, 3.8) is 0 Å². The van der Waals surface area contributed by atoms with Crippen molar-refractivity contribution in [1.82, 2.24) is 9.71 Å². The summed E-state index contributed by atoms with van der Waals surface area (Å²) in [5, 5.41) is 11.8. The molecule has 2 aromatic rings. The average Bonchev–Trinajstić information content (AvgIpc) is 3.10. The third kappa shape index (κ3) is 4.47. The Balaban J connectivity index is 1.59. The van der Waals surface area contributed by atoms with Crippen LogP contribution in [0.3, 0.4) is 0 Å². The lowest BCUT2D eigenvalue weighted by molar-refractivity contribution is -0.116. The van der Waals surface area contributed by atoms with Crippen LogP contribution >= 0.6 is 23.1 Å². The van der Waals surface area contributed by atoms with Crippen molar-refractivity contribution in [3.05, 3.63) is 35.5 Å². The van der Waals surface area contributed by atoms with Gasteiger partial charge in [-0.25, -0.2) is 13.4 Å². The van der Waals surface area contributed by atoms with Crippen LogP contribution in [0.25, 0.3) is 0 Å². The highest BCUT2D eigenvalue weighted by atomic mass is 32.2. The number of carbonyl (C=O) groups excluding carboxylic acids is 1. The van der Waals surface area contributed by atoms with Crippen LogP contribution in [0.4, 0.5) is 5.13 Å². The molecule has 1 aliphatic heterocycles. The van der Waals surface area contributed by atoms with Gasteiger partial charge in [0.1, 0.15) is 5.84 Å². The predicted octanol–water partition coefficient (Wildman–Crippen LogP) is 2.13. The summed E-state index contributed by atoms with van der Waals surface area (Å²) in [6, 6.07) is 8.62. The van der Waals surface area contributed by atoms with Crippen LogP contribution in [0, 0.1) is 18.3 Å². The van der Waals surface area contributed by atoms with E-state index in [1.165, 1.54) is 29.2 Å². The monoisotopic (exact) mass is 421 g/mol. The molecular formula is C16H15N5O3S3. The standard InChI is InChI=1S/C16H15N5O3S3/c1-10-15(25-9-7-17)26-16(19-10)20-13(22)6-8-18-14-11-4-2-3-5-12(11)27(23,24)21-14/h2-5H,6,8-9H2,1H3,(H,18,21)(H,19,20,22).